The predicted octanol–water partition coefficient (Wildman–Crippen LogP) is 4.12. The van der Waals surface area contributed by atoms with Crippen molar-refractivity contribution in [3.63, 3.8) is 0 Å². The molecular formula is C16H21BrN2O. The van der Waals surface area contributed by atoms with E-state index in [1.54, 1.807) is 0 Å². The average Bonchev–Trinajstić information content (AvgIpc) is 2.84. The fraction of sp³-hybridized carbons (Fsp3) is 0.438. The number of hydrogen-bond donors (Lipinski definition) is 1. The summed E-state index contributed by atoms with van der Waals surface area (Å²) in [7, 11) is 0. The van der Waals surface area contributed by atoms with Gasteiger partial charge in [-0.05, 0) is 50.5 Å². The molecule has 0 saturated heterocycles. The zero-order valence-electron chi connectivity index (χ0n) is 12.4. The fourth-order valence-corrected chi connectivity index (χ4v) is 2.49. The topological polar surface area (TPSA) is 38.0 Å². The SMILES string of the molecule is Cc1cc(C(O)Cc2ccn(C(C)C)n2)cc(C)c1Br. The summed E-state index contributed by atoms with van der Waals surface area (Å²) in [6, 6.07) is 6.38. The van der Waals surface area contributed by atoms with Crippen LogP contribution in [0.1, 0.15) is 48.4 Å². The quantitative estimate of drug-likeness (QED) is 0.911. The lowest BCUT2D eigenvalue weighted by atomic mass is 10.0. The van der Waals surface area contributed by atoms with Gasteiger partial charge in [-0.25, -0.2) is 0 Å². The van der Waals surface area contributed by atoms with Crippen molar-refractivity contribution in [3.05, 3.63) is 51.3 Å². The number of rotatable bonds is 4. The van der Waals surface area contributed by atoms with Crippen molar-refractivity contribution in [2.75, 3.05) is 0 Å². The third kappa shape index (κ3) is 3.30. The molecule has 1 unspecified atom stereocenters. The molecule has 4 heteroatoms. The van der Waals surface area contributed by atoms with Crippen molar-refractivity contribution in [2.45, 2.75) is 46.3 Å². The van der Waals surface area contributed by atoms with Gasteiger partial charge in [-0.3, -0.25) is 4.68 Å². The van der Waals surface area contributed by atoms with Gasteiger partial charge in [0.05, 0.1) is 11.8 Å². The second kappa shape index (κ2) is 6.10. The number of aliphatic hydroxyl groups excluding tert-OH is 1. The maximum atomic E-state index is 10.4. The van der Waals surface area contributed by atoms with E-state index in [9.17, 15) is 5.11 Å². The van der Waals surface area contributed by atoms with Crippen molar-refractivity contribution in [1.29, 1.82) is 0 Å². The van der Waals surface area contributed by atoms with E-state index in [1.807, 2.05) is 42.9 Å². The van der Waals surface area contributed by atoms with Crippen LogP contribution in [0.3, 0.4) is 0 Å². The Bertz CT molecular complexity index is 581. The number of nitrogens with zero attached hydrogens (tertiary/aromatic N) is 2. The highest BCUT2D eigenvalue weighted by molar-refractivity contribution is 9.10. The lowest BCUT2D eigenvalue weighted by molar-refractivity contribution is 0.176. The van der Waals surface area contributed by atoms with Gasteiger partial charge in [0.25, 0.3) is 0 Å². The minimum absolute atomic E-state index is 0.345. The van der Waals surface area contributed by atoms with Crippen LogP contribution in [0.25, 0.3) is 0 Å². The van der Waals surface area contributed by atoms with Gasteiger partial charge in [0.2, 0.25) is 0 Å². The van der Waals surface area contributed by atoms with Crippen molar-refractivity contribution in [3.8, 4) is 0 Å². The molecule has 0 aliphatic heterocycles. The van der Waals surface area contributed by atoms with Crippen LogP contribution in [0.4, 0.5) is 0 Å². The molecule has 0 fully saturated rings. The van der Waals surface area contributed by atoms with E-state index in [0.717, 1.165) is 26.9 Å². The number of aromatic nitrogens is 2. The maximum Gasteiger partial charge on any atom is 0.0846 e. The summed E-state index contributed by atoms with van der Waals surface area (Å²) in [6.45, 7) is 8.27. The van der Waals surface area contributed by atoms with Gasteiger partial charge < -0.3 is 5.11 Å². The predicted molar refractivity (Wildman–Crippen MR) is 84.9 cm³/mol. The Morgan fingerprint density at radius 2 is 1.85 bits per heavy atom. The van der Waals surface area contributed by atoms with Crippen LogP contribution >= 0.6 is 15.9 Å². The number of halogens is 1. The molecule has 0 radical (unpaired) electrons. The summed E-state index contributed by atoms with van der Waals surface area (Å²) in [5, 5.41) is 14.9. The zero-order chi connectivity index (χ0) is 14.9. The molecule has 108 valence electrons. The van der Waals surface area contributed by atoms with Crippen LogP contribution in [-0.2, 0) is 6.42 Å². The molecular weight excluding hydrogens is 316 g/mol. The molecule has 1 aromatic carbocycles. The van der Waals surface area contributed by atoms with Crippen molar-refractivity contribution < 1.29 is 5.11 Å². The van der Waals surface area contributed by atoms with Crippen LogP contribution in [0, 0.1) is 13.8 Å². The Morgan fingerprint density at radius 3 is 2.35 bits per heavy atom. The second-order valence-corrected chi connectivity index (χ2v) is 6.36. The molecule has 0 aliphatic rings. The molecule has 1 heterocycles. The summed E-state index contributed by atoms with van der Waals surface area (Å²) in [5.74, 6) is 0. The number of benzene rings is 1. The van der Waals surface area contributed by atoms with Gasteiger partial charge in [0.15, 0.2) is 0 Å². The molecule has 0 saturated carbocycles. The lowest BCUT2D eigenvalue weighted by Crippen LogP contribution is -2.06. The van der Waals surface area contributed by atoms with Gasteiger partial charge in [-0.1, -0.05) is 28.1 Å². The normalized spacial score (nSPS) is 12.9. The highest BCUT2D eigenvalue weighted by atomic mass is 79.9. The van der Waals surface area contributed by atoms with Crippen LogP contribution in [-0.4, -0.2) is 14.9 Å². The Labute approximate surface area is 128 Å². The first kappa shape index (κ1) is 15.3. The van der Waals surface area contributed by atoms with E-state index in [1.165, 1.54) is 0 Å². The van der Waals surface area contributed by atoms with E-state index in [0.29, 0.717) is 12.5 Å². The van der Waals surface area contributed by atoms with E-state index in [2.05, 4.69) is 34.9 Å². The summed E-state index contributed by atoms with van der Waals surface area (Å²) >= 11 is 3.55. The number of aliphatic hydroxyl groups is 1. The highest BCUT2D eigenvalue weighted by Gasteiger charge is 2.13. The summed E-state index contributed by atoms with van der Waals surface area (Å²) in [6.07, 6.45) is 1.99. The summed E-state index contributed by atoms with van der Waals surface area (Å²) in [4.78, 5) is 0. The van der Waals surface area contributed by atoms with Gasteiger partial charge in [-0.2, -0.15) is 5.10 Å². The lowest BCUT2D eigenvalue weighted by Gasteiger charge is -2.13. The number of aryl methyl sites for hydroxylation is 2. The van der Waals surface area contributed by atoms with Gasteiger partial charge in [-0.15, -0.1) is 0 Å². The molecule has 1 aromatic heterocycles. The molecule has 2 rings (SSSR count). The maximum absolute atomic E-state index is 10.4. The summed E-state index contributed by atoms with van der Waals surface area (Å²) in [5.41, 5.74) is 4.16. The molecule has 0 spiro atoms. The van der Waals surface area contributed by atoms with E-state index < -0.39 is 6.10 Å². The monoisotopic (exact) mass is 336 g/mol. The molecule has 20 heavy (non-hydrogen) atoms. The van der Waals surface area contributed by atoms with Crippen molar-refractivity contribution in [2.24, 2.45) is 0 Å². The standard InChI is InChI=1S/C16H21BrN2O/c1-10(2)19-6-5-14(18-19)9-15(20)13-7-11(3)16(17)12(4)8-13/h5-8,10,15,20H,9H2,1-4H3. The molecule has 2 aromatic rings. The average molecular weight is 337 g/mol. The third-order valence-corrected chi connectivity index (χ3v) is 4.69. The third-order valence-electron chi connectivity index (χ3n) is 3.44. The minimum atomic E-state index is -0.518. The first-order chi connectivity index (χ1) is 9.38. The molecule has 1 N–H and O–H groups in total. The number of hydrogen-bond acceptors (Lipinski definition) is 2. The molecule has 3 nitrogen and oxygen atoms in total. The molecule has 0 amide bonds. The summed E-state index contributed by atoms with van der Waals surface area (Å²) < 4.78 is 3.03. The van der Waals surface area contributed by atoms with Crippen molar-refractivity contribution in [1.82, 2.24) is 9.78 Å². The van der Waals surface area contributed by atoms with E-state index in [4.69, 9.17) is 0 Å². The first-order valence-electron chi connectivity index (χ1n) is 6.87. The Kier molecular flexibility index (Phi) is 4.66. The Balaban J connectivity index is 2.17. The van der Waals surface area contributed by atoms with E-state index >= 15 is 0 Å². The largest absolute Gasteiger partial charge is 0.388 e. The second-order valence-electron chi connectivity index (χ2n) is 5.57. The van der Waals surface area contributed by atoms with Crippen molar-refractivity contribution >= 4 is 15.9 Å². The van der Waals surface area contributed by atoms with Gasteiger partial charge in [0.1, 0.15) is 0 Å². The van der Waals surface area contributed by atoms with Crippen LogP contribution < -0.4 is 0 Å². The first-order valence-corrected chi connectivity index (χ1v) is 7.66. The molecule has 0 bridgehead atoms. The highest BCUT2D eigenvalue weighted by Crippen LogP contribution is 2.27. The van der Waals surface area contributed by atoms with Crippen LogP contribution in [0.15, 0.2) is 28.9 Å². The Morgan fingerprint density at radius 1 is 1.25 bits per heavy atom. The minimum Gasteiger partial charge on any atom is -0.388 e. The molecule has 1 atom stereocenters. The molecule has 0 aliphatic carbocycles. The van der Waals surface area contributed by atoms with Crippen LogP contribution in [0.5, 0.6) is 0 Å². The van der Waals surface area contributed by atoms with E-state index in [-0.39, 0.29) is 0 Å². The Hall–Kier alpha value is -1.13. The van der Waals surface area contributed by atoms with Gasteiger partial charge >= 0.3 is 0 Å². The smallest absolute Gasteiger partial charge is 0.0846 e. The fourth-order valence-electron chi connectivity index (χ4n) is 2.26. The van der Waals surface area contributed by atoms with Crippen LogP contribution in [0.2, 0.25) is 0 Å². The van der Waals surface area contributed by atoms with Gasteiger partial charge in [0, 0.05) is 23.1 Å². The zero-order valence-corrected chi connectivity index (χ0v) is 14.0.